The fourth-order valence-corrected chi connectivity index (χ4v) is 4.99. The van der Waals surface area contributed by atoms with Crippen molar-refractivity contribution in [2.24, 2.45) is 5.92 Å². The van der Waals surface area contributed by atoms with Crippen LogP contribution in [0.4, 0.5) is 0 Å². The Labute approximate surface area is 163 Å². The number of carbonyl (C=O) groups is 1. The number of hydrogen-bond acceptors (Lipinski definition) is 5. The number of aromatic nitrogens is 4. The van der Waals surface area contributed by atoms with Crippen LogP contribution in [0.2, 0.25) is 0 Å². The molecule has 0 aromatic carbocycles. The summed E-state index contributed by atoms with van der Waals surface area (Å²) < 4.78 is 3.52. The van der Waals surface area contributed by atoms with Crippen molar-refractivity contribution in [3.63, 3.8) is 0 Å². The molecule has 1 amide bonds. The largest absolute Gasteiger partial charge is 0.343 e. The molecule has 1 unspecified atom stereocenters. The zero-order chi connectivity index (χ0) is 19.3. The van der Waals surface area contributed by atoms with Crippen molar-refractivity contribution < 1.29 is 4.79 Å². The second-order valence-electron chi connectivity index (χ2n) is 8.77. The third-order valence-corrected chi connectivity index (χ3v) is 6.65. The predicted octanol–water partition coefficient (Wildman–Crippen LogP) is 2.64. The van der Waals surface area contributed by atoms with Crippen LogP contribution in [-0.2, 0) is 10.3 Å². The maximum atomic E-state index is 13.1. The number of carbonyl (C=O) groups excluding carboxylic acids is 1. The van der Waals surface area contributed by atoms with Gasteiger partial charge in [-0.05, 0) is 39.5 Å². The van der Waals surface area contributed by atoms with E-state index in [0.717, 1.165) is 25.9 Å². The summed E-state index contributed by atoms with van der Waals surface area (Å²) in [6.07, 6.45) is 4.11. The molecule has 2 aromatic rings. The lowest BCUT2D eigenvalue weighted by Gasteiger charge is -2.31. The Hall–Kier alpha value is -1.83. The van der Waals surface area contributed by atoms with Crippen molar-refractivity contribution in [1.82, 2.24) is 24.2 Å². The molecule has 0 radical (unpaired) electrons. The third-order valence-electron chi connectivity index (χ3n) is 5.55. The zero-order valence-electron chi connectivity index (χ0n) is 16.4. The normalized spacial score (nSPS) is 21.0. The molecule has 0 aliphatic carbocycles. The number of piperidine rings is 1. The van der Waals surface area contributed by atoms with E-state index in [2.05, 4.69) is 12.0 Å². The van der Waals surface area contributed by atoms with E-state index in [9.17, 15) is 9.59 Å². The number of hydrogen-bond donors (Lipinski definition) is 0. The van der Waals surface area contributed by atoms with Gasteiger partial charge in [-0.1, -0.05) is 18.7 Å². The number of amides is 1. The lowest BCUT2D eigenvalue weighted by Crippen LogP contribution is -2.39. The van der Waals surface area contributed by atoms with Crippen LogP contribution in [0.1, 0.15) is 53.0 Å². The second-order valence-corrected chi connectivity index (χ2v) is 9.75. The fraction of sp³-hybridized carbons (Fsp3) is 0.684. The van der Waals surface area contributed by atoms with Gasteiger partial charge in [-0.2, -0.15) is 5.10 Å². The topological polar surface area (TPSA) is 73.0 Å². The maximum absolute atomic E-state index is 13.1. The molecule has 146 valence electrons. The molecule has 4 heterocycles. The molecule has 1 atom stereocenters. The van der Waals surface area contributed by atoms with Crippen molar-refractivity contribution in [2.75, 3.05) is 18.8 Å². The first-order valence-corrected chi connectivity index (χ1v) is 10.7. The molecule has 1 fully saturated rings. The van der Waals surface area contributed by atoms with Crippen molar-refractivity contribution >= 4 is 28.7 Å². The van der Waals surface area contributed by atoms with Crippen LogP contribution in [0.5, 0.6) is 0 Å². The van der Waals surface area contributed by atoms with Crippen molar-refractivity contribution in [3.05, 3.63) is 16.6 Å². The van der Waals surface area contributed by atoms with E-state index in [0.29, 0.717) is 34.3 Å². The van der Waals surface area contributed by atoms with Crippen molar-refractivity contribution in [1.29, 1.82) is 0 Å². The summed E-state index contributed by atoms with van der Waals surface area (Å²) in [6, 6.07) is -0.126. The quantitative estimate of drug-likeness (QED) is 0.739. The Morgan fingerprint density at radius 3 is 2.67 bits per heavy atom. The summed E-state index contributed by atoms with van der Waals surface area (Å²) >= 11 is 1.56. The average Bonchev–Trinajstić information content (AvgIpc) is 3.20. The summed E-state index contributed by atoms with van der Waals surface area (Å²) in [6.45, 7) is 10.0. The predicted molar refractivity (Wildman–Crippen MR) is 106 cm³/mol. The molecule has 2 aromatic heterocycles. The molecule has 7 nitrogen and oxygen atoms in total. The van der Waals surface area contributed by atoms with Crippen LogP contribution in [0.3, 0.4) is 0 Å². The van der Waals surface area contributed by atoms with Crippen LogP contribution < -0.4 is 5.56 Å². The van der Waals surface area contributed by atoms with E-state index < -0.39 is 0 Å². The number of rotatable bonds is 2. The molecule has 2 aliphatic rings. The minimum atomic E-state index is -0.246. The summed E-state index contributed by atoms with van der Waals surface area (Å²) in [7, 11) is 0. The van der Waals surface area contributed by atoms with Crippen molar-refractivity contribution in [2.45, 2.75) is 63.7 Å². The number of thioether (sulfide) groups is 1. The van der Waals surface area contributed by atoms with Gasteiger partial charge in [0.2, 0.25) is 5.91 Å². The van der Waals surface area contributed by atoms with Gasteiger partial charge in [0, 0.05) is 25.3 Å². The Morgan fingerprint density at radius 2 is 2.00 bits per heavy atom. The Balaban J connectivity index is 1.62. The first kappa shape index (κ1) is 18.5. The SMILES string of the molecule is CC1CCN(C(=O)CC2CSc3nc4c(cnn4C(C)(C)C)c(=O)n32)CC1. The summed E-state index contributed by atoms with van der Waals surface area (Å²) in [5.74, 6) is 1.56. The highest BCUT2D eigenvalue weighted by Gasteiger charge is 2.32. The molecular weight excluding hydrogens is 362 g/mol. The molecule has 4 rings (SSSR count). The van der Waals surface area contributed by atoms with Crippen molar-refractivity contribution in [3.8, 4) is 0 Å². The zero-order valence-corrected chi connectivity index (χ0v) is 17.3. The number of nitrogens with zero attached hydrogens (tertiary/aromatic N) is 5. The monoisotopic (exact) mass is 389 g/mol. The fourth-order valence-electron chi connectivity index (χ4n) is 3.86. The molecule has 0 bridgehead atoms. The highest BCUT2D eigenvalue weighted by atomic mass is 32.2. The third kappa shape index (κ3) is 3.28. The standard InChI is InChI=1S/C19H27N5O2S/c1-12-5-7-22(8-6-12)15(25)9-13-11-27-18-21-16-14(17(26)23(13)18)10-20-24(16)19(2,3)4/h10,12-13H,5-9,11H2,1-4H3. The smallest absolute Gasteiger partial charge is 0.265 e. The van der Waals surface area contributed by atoms with E-state index in [4.69, 9.17) is 4.98 Å². The Morgan fingerprint density at radius 1 is 1.30 bits per heavy atom. The lowest BCUT2D eigenvalue weighted by molar-refractivity contribution is -0.133. The maximum Gasteiger partial charge on any atom is 0.265 e. The molecule has 0 spiro atoms. The first-order valence-electron chi connectivity index (χ1n) is 9.67. The van der Waals surface area contributed by atoms with Crippen LogP contribution in [0, 0.1) is 5.92 Å². The molecule has 8 heteroatoms. The molecule has 0 N–H and O–H groups in total. The number of fused-ring (bicyclic) bond motifs is 2. The van der Waals surface area contributed by atoms with Crippen LogP contribution in [0.15, 0.2) is 16.1 Å². The minimum absolute atomic E-state index is 0.0828. The molecule has 27 heavy (non-hydrogen) atoms. The summed E-state index contributed by atoms with van der Waals surface area (Å²) in [5, 5.41) is 5.62. The van der Waals surface area contributed by atoms with Gasteiger partial charge < -0.3 is 4.90 Å². The Bertz CT molecular complexity index is 934. The molecule has 1 saturated heterocycles. The van der Waals surface area contributed by atoms with Crippen LogP contribution >= 0.6 is 11.8 Å². The van der Waals surface area contributed by atoms with Gasteiger partial charge >= 0.3 is 0 Å². The summed E-state index contributed by atoms with van der Waals surface area (Å²) in [4.78, 5) is 32.5. The van der Waals surface area contributed by atoms with E-state index in [-0.39, 0.29) is 23.0 Å². The molecule has 2 aliphatic heterocycles. The van der Waals surface area contributed by atoms with Crippen LogP contribution in [0.25, 0.3) is 11.0 Å². The minimum Gasteiger partial charge on any atom is -0.343 e. The highest BCUT2D eigenvalue weighted by molar-refractivity contribution is 7.99. The molecule has 0 saturated carbocycles. The second kappa shape index (κ2) is 6.65. The molecular formula is C19H27N5O2S. The average molecular weight is 390 g/mol. The van der Waals surface area contributed by atoms with Gasteiger partial charge in [0.15, 0.2) is 10.8 Å². The summed E-state index contributed by atoms with van der Waals surface area (Å²) in [5.41, 5.74) is 0.299. The van der Waals surface area contributed by atoms with E-state index in [1.54, 1.807) is 27.2 Å². The van der Waals surface area contributed by atoms with Gasteiger partial charge in [-0.25, -0.2) is 9.67 Å². The van der Waals surface area contributed by atoms with E-state index in [1.165, 1.54) is 0 Å². The van der Waals surface area contributed by atoms with E-state index >= 15 is 0 Å². The van der Waals surface area contributed by atoms with Crippen LogP contribution in [-0.4, -0.2) is 49.0 Å². The van der Waals surface area contributed by atoms with E-state index in [1.807, 2.05) is 25.7 Å². The highest BCUT2D eigenvalue weighted by Crippen LogP contribution is 2.34. The number of likely N-dealkylation sites (tertiary alicyclic amines) is 1. The first-order chi connectivity index (χ1) is 12.8. The lowest BCUT2D eigenvalue weighted by atomic mass is 9.99. The van der Waals surface area contributed by atoms with Gasteiger partial charge in [0.25, 0.3) is 5.56 Å². The van der Waals surface area contributed by atoms with Gasteiger partial charge in [-0.3, -0.25) is 14.2 Å². The van der Waals surface area contributed by atoms with Gasteiger partial charge in [0.05, 0.1) is 17.8 Å². The van der Waals surface area contributed by atoms with Gasteiger partial charge in [0.1, 0.15) is 5.39 Å². The Kier molecular flexibility index (Phi) is 4.56. The van der Waals surface area contributed by atoms with Gasteiger partial charge in [-0.15, -0.1) is 0 Å².